The summed E-state index contributed by atoms with van der Waals surface area (Å²) in [6.07, 6.45) is -4.47. The van der Waals surface area contributed by atoms with Gasteiger partial charge in [0.05, 0.1) is 5.41 Å². The molecule has 2 aromatic heterocycles. The van der Waals surface area contributed by atoms with E-state index in [1.165, 1.54) is 0 Å². The molecule has 0 N–H and O–H groups in total. The molecule has 0 saturated carbocycles. The minimum atomic E-state index is -4.27. The fourth-order valence-electron chi connectivity index (χ4n) is 1.88. The van der Waals surface area contributed by atoms with Crippen LogP contribution in [-0.4, -0.2) is 6.18 Å². The summed E-state index contributed by atoms with van der Waals surface area (Å²) in [5.74, 6) is 1.05. The van der Waals surface area contributed by atoms with Crippen LogP contribution in [0.15, 0.2) is 21.0 Å². The summed E-state index contributed by atoms with van der Waals surface area (Å²) < 4.78 is 49.7. The van der Waals surface area contributed by atoms with Crippen molar-refractivity contribution in [1.82, 2.24) is 0 Å². The molecule has 2 nitrogen and oxygen atoms in total. The van der Waals surface area contributed by atoms with E-state index in [9.17, 15) is 13.2 Å². The first-order chi connectivity index (χ1) is 8.90. The van der Waals surface area contributed by atoms with Gasteiger partial charge in [-0.25, -0.2) is 0 Å². The van der Waals surface area contributed by atoms with E-state index in [0.717, 1.165) is 19.6 Å². The third-order valence-electron chi connectivity index (χ3n) is 3.38. The van der Waals surface area contributed by atoms with Gasteiger partial charge in [-0.2, -0.15) is 13.2 Å². The molecule has 0 spiro atoms. The Kier molecular flexibility index (Phi) is 3.23. The molecule has 0 atom stereocenters. The standard InChI is InChI=1S/C15H19F3O2/c1-13(2,3)12-7-11-10(20-12)6-9(19-11)8-14(4,5)15(16,17)18/h6-7H,8H2,1-5H3. The number of hydrogen-bond acceptors (Lipinski definition) is 2. The van der Waals surface area contributed by atoms with Crippen LogP contribution in [0.5, 0.6) is 0 Å². The first kappa shape index (κ1) is 15.0. The molecule has 0 aliphatic carbocycles. The van der Waals surface area contributed by atoms with Crippen LogP contribution in [0.2, 0.25) is 0 Å². The van der Waals surface area contributed by atoms with Crippen molar-refractivity contribution in [2.75, 3.05) is 0 Å². The highest BCUT2D eigenvalue weighted by atomic mass is 19.4. The minimum absolute atomic E-state index is 0.160. The molecule has 0 fully saturated rings. The first-order valence-electron chi connectivity index (χ1n) is 6.50. The molecule has 20 heavy (non-hydrogen) atoms. The van der Waals surface area contributed by atoms with Gasteiger partial charge in [-0.05, 0) is 0 Å². The molecule has 2 heterocycles. The average Bonchev–Trinajstić information content (AvgIpc) is 2.70. The molecule has 0 amide bonds. The topological polar surface area (TPSA) is 26.3 Å². The van der Waals surface area contributed by atoms with E-state index in [2.05, 4.69) is 0 Å². The van der Waals surface area contributed by atoms with E-state index in [4.69, 9.17) is 8.83 Å². The Balaban J connectivity index is 2.28. The average molecular weight is 288 g/mol. The van der Waals surface area contributed by atoms with E-state index < -0.39 is 11.6 Å². The van der Waals surface area contributed by atoms with Crippen molar-refractivity contribution in [3.63, 3.8) is 0 Å². The SMILES string of the molecule is CC(C)(C)c1cc2oc(CC(C)(C)C(F)(F)F)cc2o1. The van der Waals surface area contributed by atoms with E-state index >= 15 is 0 Å². The van der Waals surface area contributed by atoms with Crippen LogP contribution >= 0.6 is 0 Å². The van der Waals surface area contributed by atoms with E-state index in [1.54, 1.807) is 12.1 Å². The number of furan rings is 2. The Morgan fingerprint density at radius 2 is 1.45 bits per heavy atom. The lowest BCUT2D eigenvalue weighted by Gasteiger charge is -2.26. The molecule has 112 valence electrons. The third-order valence-corrected chi connectivity index (χ3v) is 3.38. The monoisotopic (exact) mass is 288 g/mol. The van der Waals surface area contributed by atoms with Crippen LogP contribution in [0.25, 0.3) is 11.2 Å². The van der Waals surface area contributed by atoms with Gasteiger partial charge in [-0.15, -0.1) is 0 Å². The fraction of sp³-hybridized carbons (Fsp3) is 0.600. The van der Waals surface area contributed by atoms with Crippen molar-refractivity contribution in [1.29, 1.82) is 0 Å². The first-order valence-corrected chi connectivity index (χ1v) is 6.50. The van der Waals surface area contributed by atoms with Gasteiger partial charge in [-0.1, -0.05) is 34.6 Å². The largest absolute Gasteiger partial charge is 0.457 e. The Morgan fingerprint density at radius 1 is 0.900 bits per heavy atom. The number of fused-ring (bicyclic) bond motifs is 1. The number of halogens is 3. The highest BCUT2D eigenvalue weighted by Gasteiger charge is 2.47. The molecular formula is C15H19F3O2. The summed E-state index contributed by atoms with van der Waals surface area (Å²) in [6, 6.07) is 3.30. The number of alkyl halides is 3. The van der Waals surface area contributed by atoms with Crippen LogP contribution in [0.4, 0.5) is 13.2 Å². The second-order valence-corrected chi connectivity index (χ2v) is 6.86. The van der Waals surface area contributed by atoms with Crippen molar-refractivity contribution in [2.24, 2.45) is 5.41 Å². The van der Waals surface area contributed by atoms with Crippen molar-refractivity contribution in [2.45, 2.75) is 52.6 Å². The van der Waals surface area contributed by atoms with Crippen LogP contribution in [0.1, 0.15) is 46.1 Å². The quantitative estimate of drug-likeness (QED) is 0.734. The summed E-state index contributed by atoms with van der Waals surface area (Å²) in [7, 11) is 0. The third kappa shape index (κ3) is 2.72. The Morgan fingerprint density at radius 3 is 1.90 bits per heavy atom. The molecule has 0 saturated heterocycles. The lowest BCUT2D eigenvalue weighted by Crippen LogP contribution is -2.33. The van der Waals surface area contributed by atoms with Crippen molar-refractivity contribution in [3.05, 3.63) is 23.7 Å². The lowest BCUT2D eigenvalue weighted by molar-refractivity contribution is -0.211. The zero-order chi connectivity index (χ0) is 15.3. The number of rotatable bonds is 2. The summed E-state index contributed by atoms with van der Waals surface area (Å²) in [4.78, 5) is 0. The molecule has 5 heteroatoms. The molecular weight excluding hydrogens is 269 g/mol. The molecule has 0 bridgehead atoms. The van der Waals surface area contributed by atoms with Gasteiger partial charge in [0.25, 0.3) is 0 Å². The molecule has 0 aliphatic rings. The molecule has 0 aromatic carbocycles. The van der Waals surface area contributed by atoms with Gasteiger partial charge in [0.2, 0.25) is 0 Å². The van der Waals surface area contributed by atoms with E-state index in [-0.39, 0.29) is 11.8 Å². The maximum absolute atomic E-state index is 12.9. The second kappa shape index (κ2) is 4.30. The smallest absolute Gasteiger partial charge is 0.394 e. The molecule has 0 unspecified atom stereocenters. The zero-order valence-electron chi connectivity index (χ0n) is 12.3. The van der Waals surface area contributed by atoms with Gasteiger partial charge in [-0.3, -0.25) is 0 Å². The molecule has 2 rings (SSSR count). The maximum atomic E-state index is 12.9. The predicted octanol–water partition coefficient (Wildman–Crippen LogP) is 5.45. The van der Waals surface area contributed by atoms with Gasteiger partial charge in [0.1, 0.15) is 11.5 Å². The summed E-state index contributed by atoms with van der Waals surface area (Å²) in [6.45, 7) is 8.32. The Labute approximate surface area is 115 Å². The van der Waals surface area contributed by atoms with Gasteiger partial charge < -0.3 is 8.83 Å². The summed E-state index contributed by atoms with van der Waals surface area (Å²) in [5, 5.41) is 0. The van der Waals surface area contributed by atoms with Crippen LogP contribution in [0, 0.1) is 5.41 Å². The fourth-order valence-corrected chi connectivity index (χ4v) is 1.88. The van der Waals surface area contributed by atoms with E-state index in [0.29, 0.717) is 16.9 Å². The molecule has 0 aliphatic heterocycles. The zero-order valence-corrected chi connectivity index (χ0v) is 12.3. The van der Waals surface area contributed by atoms with Crippen molar-refractivity contribution < 1.29 is 22.0 Å². The highest BCUT2D eigenvalue weighted by Crippen LogP contribution is 2.41. The van der Waals surface area contributed by atoms with Crippen LogP contribution in [0.3, 0.4) is 0 Å². The Bertz CT molecular complexity index is 578. The summed E-state index contributed by atoms with van der Waals surface area (Å²) in [5.41, 5.74) is -0.979. The molecule has 0 radical (unpaired) electrons. The summed E-state index contributed by atoms with van der Waals surface area (Å²) >= 11 is 0. The van der Waals surface area contributed by atoms with Gasteiger partial charge >= 0.3 is 6.18 Å². The van der Waals surface area contributed by atoms with Crippen LogP contribution < -0.4 is 0 Å². The van der Waals surface area contributed by atoms with Crippen LogP contribution in [-0.2, 0) is 11.8 Å². The molecule has 2 aromatic rings. The lowest BCUT2D eigenvalue weighted by atomic mass is 9.87. The minimum Gasteiger partial charge on any atom is -0.457 e. The van der Waals surface area contributed by atoms with Gasteiger partial charge in [0.15, 0.2) is 11.2 Å². The van der Waals surface area contributed by atoms with E-state index in [1.807, 2.05) is 20.8 Å². The number of hydrogen-bond donors (Lipinski definition) is 0. The van der Waals surface area contributed by atoms with Crippen molar-refractivity contribution in [3.8, 4) is 0 Å². The second-order valence-electron chi connectivity index (χ2n) is 6.86. The van der Waals surface area contributed by atoms with Gasteiger partial charge in [0, 0.05) is 24.0 Å². The van der Waals surface area contributed by atoms with Crippen molar-refractivity contribution >= 4 is 11.2 Å². The Hall–Kier alpha value is -1.39. The highest BCUT2D eigenvalue weighted by molar-refractivity contribution is 5.72. The normalized spacial score (nSPS) is 14.2. The maximum Gasteiger partial charge on any atom is 0.394 e. The predicted molar refractivity (Wildman–Crippen MR) is 70.7 cm³/mol.